The Morgan fingerprint density at radius 1 is 1.90 bits per heavy atom. The van der Waals surface area contributed by atoms with Crippen molar-refractivity contribution in [3.63, 3.8) is 0 Å². The van der Waals surface area contributed by atoms with Crippen LogP contribution < -0.4 is 0 Å². The molecule has 0 fully saturated rings. The lowest BCUT2D eigenvalue weighted by atomic mass is 11.0. The van der Waals surface area contributed by atoms with Crippen molar-refractivity contribution in [1.29, 1.82) is 0 Å². The Kier molecular flexibility index (Phi) is 1.92. The molecule has 0 aromatic rings. The monoisotopic (exact) mass is 256 g/mol. The highest BCUT2D eigenvalue weighted by Crippen LogP contribution is 2.15. The van der Waals surface area contributed by atoms with Crippen molar-refractivity contribution in [2.24, 2.45) is 5.10 Å². The van der Waals surface area contributed by atoms with Gasteiger partial charge in [-0.1, -0.05) is 0 Å². The van der Waals surface area contributed by atoms with E-state index in [0.29, 0.717) is 0 Å². The van der Waals surface area contributed by atoms with Crippen molar-refractivity contribution in [3.8, 4) is 0 Å². The Morgan fingerprint density at radius 2 is 2.50 bits per heavy atom. The molecule has 1 heterocycles. The van der Waals surface area contributed by atoms with Crippen molar-refractivity contribution in [2.75, 3.05) is 7.05 Å². The third-order valence-corrected chi connectivity index (χ3v) is 2.44. The SMILES string of the molecule is CN1N=CN([N+](=O)[O-])C1I. The van der Waals surface area contributed by atoms with Gasteiger partial charge < -0.3 is 0 Å². The lowest BCUT2D eigenvalue weighted by Gasteiger charge is -2.13. The minimum Gasteiger partial charge on any atom is -0.261 e. The summed E-state index contributed by atoms with van der Waals surface area (Å²) in [5, 5.41) is 15.8. The molecule has 0 N–H and O–H groups in total. The standard InChI is InChI=1S/C3H5IN4O2/c1-6-3(4)7(2-5-6)8(9)10/h2-3H,1H3. The van der Waals surface area contributed by atoms with Crippen LogP contribution in [0.2, 0.25) is 0 Å². The molecule has 10 heavy (non-hydrogen) atoms. The van der Waals surface area contributed by atoms with Crippen LogP contribution >= 0.6 is 22.6 Å². The highest BCUT2D eigenvalue weighted by atomic mass is 127. The zero-order valence-electron chi connectivity index (χ0n) is 5.14. The van der Waals surface area contributed by atoms with Crippen LogP contribution in [0.3, 0.4) is 0 Å². The fraction of sp³-hybridized carbons (Fsp3) is 0.667. The zero-order valence-corrected chi connectivity index (χ0v) is 7.30. The van der Waals surface area contributed by atoms with Gasteiger partial charge in [-0.05, 0) is 27.6 Å². The largest absolute Gasteiger partial charge is 0.261 e. The van der Waals surface area contributed by atoms with E-state index < -0.39 is 5.03 Å². The lowest BCUT2D eigenvalue weighted by molar-refractivity contribution is -0.630. The molecule has 1 aliphatic heterocycles. The Bertz CT molecular complexity index is 183. The third-order valence-electron chi connectivity index (χ3n) is 1.07. The highest BCUT2D eigenvalue weighted by molar-refractivity contribution is 14.1. The maximum Gasteiger partial charge on any atom is 0.233 e. The topological polar surface area (TPSA) is 62.0 Å². The van der Waals surface area contributed by atoms with Crippen molar-refractivity contribution in [1.82, 2.24) is 10.0 Å². The van der Waals surface area contributed by atoms with E-state index in [0.717, 1.165) is 5.01 Å². The summed E-state index contributed by atoms with van der Waals surface area (Å²) in [7, 11) is 1.68. The molecule has 1 atom stereocenters. The summed E-state index contributed by atoms with van der Waals surface area (Å²) in [6.45, 7) is 0. The first-order chi connectivity index (χ1) is 4.63. The Hall–Kier alpha value is -0.600. The molecule has 0 bridgehead atoms. The molecule has 1 unspecified atom stereocenters. The van der Waals surface area contributed by atoms with Gasteiger partial charge in [-0.15, -0.1) is 0 Å². The number of halogens is 1. The van der Waals surface area contributed by atoms with E-state index in [1.54, 1.807) is 7.05 Å². The number of hydrazone groups is 1. The summed E-state index contributed by atoms with van der Waals surface area (Å²) >= 11 is 1.92. The van der Waals surface area contributed by atoms with Crippen LogP contribution in [0.25, 0.3) is 0 Å². The molecule has 1 rings (SSSR count). The Labute approximate surface area is 70.7 Å². The van der Waals surface area contributed by atoms with Gasteiger partial charge in [0.05, 0.1) is 0 Å². The van der Waals surface area contributed by atoms with E-state index in [1.807, 2.05) is 22.6 Å². The summed E-state index contributed by atoms with van der Waals surface area (Å²) in [4.78, 5) is 10.2. The number of nitrogens with zero attached hydrogens (tertiary/aromatic N) is 4. The van der Waals surface area contributed by atoms with E-state index in [2.05, 4.69) is 5.10 Å². The van der Waals surface area contributed by atoms with Gasteiger partial charge in [-0.3, -0.25) is 5.01 Å². The van der Waals surface area contributed by atoms with Gasteiger partial charge in [0.15, 0.2) is 11.4 Å². The summed E-state index contributed by atoms with van der Waals surface area (Å²) in [6, 6.07) is 0. The second-order valence-corrected chi connectivity index (χ2v) is 2.85. The van der Waals surface area contributed by atoms with Gasteiger partial charge in [0.2, 0.25) is 4.17 Å². The van der Waals surface area contributed by atoms with Gasteiger partial charge in [0, 0.05) is 7.05 Å². The fourth-order valence-corrected chi connectivity index (χ4v) is 1.03. The van der Waals surface area contributed by atoms with Crippen LogP contribution in [-0.2, 0) is 0 Å². The highest BCUT2D eigenvalue weighted by Gasteiger charge is 2.30. The average Bonchev–Trinajstić information content (AvgIpc) is 2.14. The first-order valence-electron chi connectivity index (χ1n) is 2.46. The first kappa shape index (κ1) is 7.51. The van der Waals surface area contributed by atoms with Crippen molar-refractivity contribution < 1.29 is 5.03 Å². The predicted octanol–water partition coefficient (Wildman–Crippen LogP) is 0.0874. The fourth-order valence-electron chi connectivity index (χ4n) is 0.536. The predicted molar refractivity (Wildman–Crippen MR) is 42.9 cm³/mol. The quantitative estimate of drug-likeness (QED) is 0.219. The van der Waals surface area contributed by atoms with Crippen LogP contribution in [0.15, 0.2) is 5.10 Å². The maximum atomic E-state index is 10.2. The zero-order chi connectivity index (χ0) is 7.72. The van der Waals surface area contributed by atoms with Crippen molar-refractivity contribution >= 4 is 28.9 Å². The van der Waals surface area contributed by atoms with E-state index in [-0.39, 0.29) is 4.17 Å². The Morgan fingerprint density at radius 3 is 2.70 bits per heavy atom. The molecule has 1 aliphatic rings. The number of hydrazine groups is 1. The van der Waals surface area contributed by atoms with Gasteiger partial charge in [-0.25, -0.2) is 10.1 Å². The van der Waals surface area contributed by atoms with E-state index in [9.17, 15) is 10.1 Å². The van der Waals surface area contributed by atoms with Crippen LogP contribution in [-0.4, -0.2) is 32.6 Å². The number of rotatable bonds is 1. The number of hydrogen-bond donors (Lipinski definition) is 0. The molecule has 0 saturated carbocycles. The molecule has 0 radical (unpaired) electrons. The second-order valence-electron chi connectivity index (χ2n) is 1.73. The van der Waals surface area contributed by atoms with Gasteiger partial charge in [-0.2, -0.15) is 5.10 Å². The summed E-state index contributed by atoms with van der Waals surface area (Å²) in [5.41, 5.74) is 0. The van der Waals surface area contributed by atoms with E-state index in [4.69, 9.17) is 0 Å². The number of alkyl halides is 1. The Balaban J connectivity index is 2.66. The summed E-state index contributed by atoms with van der Waals surface area (Å²) in [5.74, 6) is 0. The molecular formula is C3H5IN4O2. The first-order valence-corrected chi connectivity index (χ1v) is 3.71. The van der Waals surface area contributed by atoms with Gasteiger partial charge in [0.25, 0.3) is 0 Å². The molecular weight excluding hydrogens is 251 g/mol. The molecule has 0 aliphatic carbocycles. The smallest absolute Gasteiger partial charge is 0.233 e. The molecule has 0 aromatic carbocycles. The van der Waals surface area contributed by atoms with Crippen LogP contribution in [0.5, 0.6) is 0 Å². The van der Waals surface area contributed by atoms with Gasteiger partial charge in [0.1, 0.15) is 0 Å². The number of hydrogen-bond acceptors (Lipinski definition) is 4. The summed E-state index contributed by atoms with van der Waals surface area (Å²) < 4.78 is -0.312. The summed E-state index contributed by atoms with van der Waals surface area (Å²) in [6.07, 6.45) is 1.19. The normalized spacial score (nSPS) is 24.0. The maximum absolute atomic E-state index is 10.2. The molecule has 0 aromatic heterocycles. The second kappa shape index (κ2) is 2.56. The van der Waals surface area contributed by atoms with Gasteiger partial charge >= 0.3 is 0 Å². The van der Waals surface area contributed by atoms with Crippen molar-refractivity contribution in [2.45, 2.75) is 4.17 Å². The molecule has 0 saturated heterocycles. The average molecular weight is 256 g/mol. The van der Waals surface area contributed by atoms with E-state index >= 15 is 0 Å². The third kappa shape index (κ3) is 1.13. The van der Waals surface area contributed by atoms with Crippen LogP contribution in [0.1, 0.15) is 0 Å². The molecule has 56 valence electrons. The lowest BCUT2D eigenvalue weighted by Crippen LogP contribution is -2.36. The minimum atomic E-state index is -0.496. The molecule has 0 amide bonds. The van der Waals surface area contributed by atoms with Crippen LogP contribution in [0.4, 0.5) is 0 Å². The molecule has 7 heteroatoms. The molecule has 0 spiro atoms. The molecule has 6 nitrogen and oxygen atoms in total. The minimum absolute atomic E-state index is 0.312. The van der Waals surface area contributed by atoms with Crippen LogP contribution in [0, 0.1) is 10.1 Å². The number of nitro groups is 1. The van der Waals surface area contributed by atoms with Crippen molar-refractivity contribution in [3.05, 3.63) is 10.1 Å². The van der Waals surface area contributed by atoms with E-state index in [1.165, 1.54) is 11.3 Å².